The van der Waals surface area contributed by atoms with Gasteiger partial charge in [-0.25, -0.2) is 19.9 Å². The predicted molar refractivity (Wildman–Crippen MR) is 95.0 cm³/mol. The van der Waals surface area contributed by atoms with E-state index in [0.717, 1.165) is 37.8 Å². The van der Waals surface area contributed by atoms with Gasteiger partial charge in [0.15, 0.2) is 17.0 Å². The second-order valence-corrected chi connectivity index (χ2v) is 6.54. The van der Waals surface area contributed by atoms with Crippen molar-refractivity contribution >= 4 is 17.0 Å². The molecule has 141 valence electrons. The molecule has 4 heterocycles. The first-order valence-corrected chi connectivity index (χ1v) is 8.65. The quantitative estimate of drug-likeness (QED) is 0.686. The number of anilines is 1. The topological polar surface area (TPSA) is 59.7 Å². The van der Waals surface area contributed by atoms with Crippen LogP contribution < -0.4 is 4.90 Å². The first-order valence-electron chi connectivity index (χ1n) is 8.65. The van der Waals surface area contributed by atoms with Gasteiger partial charge in [-0.2, -0.15) is 13.2 Å². The maximum atomic E-state index is 12.9. The molecule has 6 nitrogen and oxygen atoms in total. The van der Waals surface area contributed by atoms with E-state index < -0.39 is 11.9 Å². The molecule has 0 atom stereocenters. The zero-order valence-electron chi connectivity index (χ0n) is 15.0. The molecule has 0 N–H and O–H groups in total. The largest absolute Gasteiger partial charge is 0.433 e. The standard InChI is InChI=1S/C18H18F3N6/c1-11-12(6-7-13(24-11)18(19,20)21)15-25-14-16(26(15)2)22-10-23-17(14)27-8-4-3-5-9-27/h3,6-7,10H,4-5,8-9H2,1-2H3. The van der Waals surface area contributed by atoms with Crippen molar-refractivity contribution in [1.29, 1.82) is 0 Å². The number of rotatable bonds is 2. The molecular weight excluding hydrogens is 357 g/mol. The van der Waals surface area contributed by atoms with Crippen molar-refractivity contribution in [2.45, 2.75) is 25.9 Å². The molecule has 1 aliphatic rings. The molecule has 0 bridgehead atoms. The predicted octanol–water partition coefficient (Wildman–Crippen LogP) is 3.56. The first-order chi connectivity index (χ1) is 12.9. The summed E-state index contributed by atoms with van der Waals surface area (Å²) in [5.74, 6) is 1.28. The van der Waals surface area contributed by atoms with Crippen LogP contribution in [0, 0.1) is 13.3 Å². The van der Waals surface area contributed by atoms with Gasteiger partial charge in [-0.3, -0.25) is 0 Å². The van der Waals surface area contributed by atoms with E-state index in [1.807, 2.05) is 0 Å². The zero-order valence-corrected chi connectivity index (χ0v) is 15.0. The highest BCUT2D eigenvalue weighted by Crippen LogP contribution is 2.33. The van der Waals surface area contributed by atoms with Crippen molar-refractivity contribution in [3.05, 3.63) is 36.3 Å². The van der Waals surface area contributed by atoms with Crippen LogP contribution in [0.1, 0.15) is 24.2 Å². The van der Waals surface area contributed by atoms with E-state index in [1.54, 1.807) is 18.5 Å². The number of hydrogen-bond donors (Lipinski definition) is 0. The first kappa shape index (κ1) is 17.7. The summed E-state index contributed by atoms with van der Waals surface area (Å²) in [6.45, 7) is 3.27. The van der Waals surface area contributed by atoms with Crippen LogP contribution in [-0.2, 0) is 13.2 Å². The summed E-state index contributed by atoms with van der Waals surface area (Å²) < 4.78 is 40.5. The molecule has 0 spiro atoms. The highest BCUT2D eigenvalue weighted by Gasteiger charge is 2.33. The lowest BCUT2D eigenvalue weighted by Crippen LogP contribution is -2.30. The highest BCUT2D eigenvalue weighted by atomic mass is 19.4. The Morgan fingerprint density at radius 1 is 1.04 bits per heavy atom. The minimum atomic E-state index is -4.47. The van der Waals surface area contributed by atoms with E-state index in [9.17, 15) is 13.2 Å². The Morgan fingerprint density at radius 2 is 1.78 bits per heavy atom. The van der Waals surface area contributed by atoms with Gasteiger partial charge < -0.3 is 9.47 Å². The molecule has 0 unspecified atom stereocenters. The second-order valence-electron chi connectivity index (χ2n) is 6.54. The molecule has 1 radical (unpaired) electrons. The summed E-state index contributed by atoms with van der Waals surface area (Å²) in [4.78, 5) is 19.3. The average Bonchev–Trinajstić information content (AvgIpc) is 2.98. The van der Waals surface area contributed by atoms with Crippen LogP contribution in [0.2, 0.25) is 0 Å². The Kier molecular flexibility index (Phi) is 4.24. The molecule has 3 aromatic rings. The van der Waals surface area contributed by atoms with Crippen LogP contribution >= 0.6 is 0 Å². The van der Waals surface area contributed by atoms with Crippen LogP contribution in [-0.4, -0.2) is 37.6 Å². The van der Waals surface area contributed by atoms with E-state index >= 15 is 0 Å². The molecule has 0 aliphatic carbocycles. The lowest BCUT2D eigenvalue weighted by atomic mass is 10.1. The number of fused-ring (bicyclic) bond motifs is 1. The number of piperidine rings is 1. The van der Waals surface area contributed by atoms with Gasteiger partial charge in [-0.1, -0.05) is 0 Å². The SMILES string of the molecule is Cc1nc(C(F)(F)F)ccc1-c1nc2c(N3CC[CH]CC3)ncnc2n1C. The van der Waals surface area contributed by atoms with Crippen molar-refractivity contribution in [2.24, 2.45) is 7.05 Å². The fourth-order valence-corrected chi connectivity index (χ4v) is 3.38. The lowest BCUT2D eigenvalue weighted by molar-refractivity contribution is -0.141. The number of pyridine rings is 1. The molecule has 1 saturated heterocycles. The van der Waals surface area contributed by atoms with Gasteiger partial charge in [0.2, 0.25) is 0 Å². The number of aryl methyl sites for hydroxylation is 2. The maximum absolute atomic E-state index is 12.9. The van der Waals surface area contributed by atoms with E-state index in [1.165, 1.54) is 12.4 Å². The van der Waals surface area contributed by atoms with Crippen molar-refractivity contribution in [3.63, 3.8) is 0 Å². The van der Waals surface area contributed by atoms with Crippen molar-refractivity contribution in [2.75, 3.05) is 18.0 Å². The number of nitrogens with zero attached hydrogens (tertiary/aromatic N) is 6. The minimum Gasteiger partial charge on any atom is -0.355 e. The monoisotopic (exact) mass is 375 g/mol. The van der Waals surface area contributed by atoms with Crippen molar-refractivity contribution in [3.8, 4) is 11.4 Å². The molecule has 4 rings (SSSR count). The van der Waals surface area contributed by atoms with Crippen LogP contribution in [0.5, 0.6) is 0 Å². The molecule has 1 fully saturated rings. The normalized spacial score (nSPS) is 15.5. The van der Waals surface area contributed by atoms with Crippen LogP contribution in [0.25, 0.3) is 22.6 Å². The van der Waals surface area contributed by atoms with Gasteiger partial charge in [0.25, 0.3) is 0 Å². The van der Waals surface area contributed by atoms with Gasteiger partial charge in [0.05, 0.1) is 0 Å². The van der Waals surface area contributed by atoms with E-state index in [2.05, 4.69) is 31.3 Å². The maximum Gasteiger partial charge on any atom is 0.433 e. The lowest BCUT2D eigenvalue weighted by Gasteiger charge is -2.27. The molecule has 27 heavy (non-hydrogen) atoms. The highest BCUT2D eigenvalue weighted by molar-refractivity contribution is 5.87. The number of alkyl halides is 3. The van der Waals surface area contributed by atoms with Crippen molar-refractivity contribution < 1.29 is 13.2 Å². The van der Waals surface area contributed by atoms with E-state index in [-0.39, 0.29) is 5.69 Å². The fourth-order valence-electron chi connectivity index (χ4n) is 3.38. The second kappa shape index (κ2) is 6.47. The molecular formula is C18H18F3N6. The Hall–Kier alpha value is -2.71. The van der Waals surface area contributed by atoms with Gasteiger partial charge in [0, 0.05) is 31.4 Å². The van der Waals surface area contributed by atoms with E-state index in [4.69, 9.17) is 0 Å². The molecule has 0 amide bonds. The Morgan fingerprint density at radius 3 is 2.44 bits per heavy atom. The summed E-state index contributed by atoms with van der Waals surface area (Å²) >= 11 is 0. The third-order valence-electron chi connectivity index (χ3n) is 4.76. The van der Waals surface area contributed by atoms with Crippen molar-refractivity contribution in [1.82, 2.24) is 24.5 Å². The number of halogens is 3. The Balaban J connectivity index is 1.83. The molecule has 0 aromatic carbocycles. The molecule has 9 heteroatoms. The number of imidazole rings is 1. The van der Waals surface area contributed by atoms with Gasteiger partial charge >= 0.3 is 6.18 Å². The fraction of sp³-hybridized carbons (Fsp3) is 0.389. The van der Waals surface area contributed by atoms with Crippen LogP contribution in [0.15, 0.2) is 18.5 Å². The smallest absolute Gasteiger partial charge is 0.355 e. The van der Waals surface area contributed by atoms with Gasteiger partial charge in [0.1, 0.15) is 17.8 Å². The molecule has 1 aliphatic heterocycles. The van der Waals surface area contributed by atoms with Gasteiger partial charge in [-0.15, -0.1) is 0 Å². The van der Waals surface area contributed by atoms with Crippen LogP contribution in [0.3, 0.4) is 0 Å². The third kappa shape index (κ3) is 3.11. The average molecular weight is 375 g/mol. The summed E-state index contributed by atoms with van der Waals surface area (Å²) in [6.07, 6.45) is 1.23. The summed E-state index contributed by atoms with van der Waals surface area (Å²) in [6, 6.07) is 2.39. The third-order valence-corrected chi connectivity index (χ3v) is 4.76. The number of aromatic nitrogens is 5. The Bertz CT molecular complexity index is 989. The molecule has 0 saturated carbocycles. The molecule has 3 aromatic heterocycles. The minimum absolute atomic E-state index is 0.269. The number of hydrogen-bond acceptors (Lipinski definition) is 5. The zero-order chi connectivity index (χ0) is 19.2. The van der Waals surface area contributed by atoms with E-state index in [0.29, 0.717) is 22.6 Å². The summed E-state index contributed by atoms with van der Waals surface area (Å²) in [5.41, 5.74) is 1.19. The van der Waals surface area contributed by atoms with Crippen LogP contribution in [0.4, 0.5) is 19.0 Å². The summed E-state index contributed by atoms with van der Waals surface area (Å²) in [5, 5.41) is 0. The summed E-state index contributed by atoms with van der Waals surface area (Å²) in [7, 11) is 1.79. The Labute approximate surface area is 154 Å². The van der Waals surface area contributed by atoms with Gasteiger partial charge in [-0.05, 0) is 38.3 Å².